The summed E-state index contributed by atoms with van der Waals surface area (Å²) in [4.78, 5) is 27.2. The number of rotatable bonds is 3. The smallest absolute Gasteiger partial charge is 0.327 e. The van der Waals surface area contributed by atoms with E-state index < -0.39 is 6.10 Å². The van der Waals surface area contributed by atoms with Crippen molar-refractivity contribution >= 4 is 11.9 Å². The van der Waals surface area contributed by atoms with Crippen LogP contribution in [0.5, 0.6) is 0 Å². The molecule has 1 aliphatic heterocycles. The minimum absolute atomic E-state index is 0.0620. The van der Waals surface area contributed by atoms with Gasteiger partial charge in [0.05, 0.1) is 6.10 Å². The quantitative estimate of drug-likeness (QED) is 0.804. The molecule has 20 heavy (non-hydrogen) atoms. The number of hydrogen-bond donors (Lipinski definition) is 1. The molecule has 1 N–H and O–H groups in total. The molecule has 0 aromatic heterocycles. The Bertz CT molecular complexity index is 408. The maximum Gasteiger partial charge on any atom is 0.327 e. The van der Waals surface area contributed by atoms with E-state index in [4.69, 9.17) is 0 Å². The zero-order valence-corrected chi connectivity index (χ0v) is 12.9. The summed E-state index contributed by atoms with van der Waals surface area (Å²) >= 11 is 0. The van der Waals surface area contributed by atoms with Crippen molar-refractivity contribution in [3.63, 3.8) is 0 Å². The second kappa shape index (κ2) is 5.35. The van der Waals surface area contributed by atoms with Crippen LogP contribution in [0, 0.1) is 11.3 Å². The number of hydrogen-bond acceptors (Lipinski definition) is 3. The molecule has 3 amide bonds. The van der Waals surface area contributed by atoms with Crippen molar-refractivity contribution in [1.82, 2.24) is 9.80 Å². The van der Waals surface area contributed by atoms with Crippen molar-refractivity contribution in [1.29, 1.82) is 0 Å². The minimum Gasteiger partial charge on any atom is -0.393 e. The lowest BCUT2D eigenvalue weighted by atomic mass is 9.66. The van der Waals surface area contributed by atoms with Crippen molar-refractivity contribution in [2.45, 2.75) is 58.6 Å². The van der Waals surface area contributed by atoms with E-state index in [1.807, 2.05) is 0 Å². The molecule has 2 aliphatic rings. The van der Waals surface area contributed by atoms with Gasteiger partial charge >= 0.3 is 6.03 Å². The Hall–Kier alpha value is -1.10. The molecule has 0 radical (unpaired) electrons. The lowest BCUT2D eigenvalue weighted by Gasteiger charge is -2.46. The standard InChI is InChI=1S/C15H26N2O3/c1-5-15(2,3)11-7-6-10(18)8-12(11)17-13(19)9-16(4)14(17)20/h10-12,18H,5-9H2,1-4H3. The summed E-state index contributed by atoms with van der Waals surface area (Å²) in [5, 5.41) is 9.97. The second-order valence-electron chi connectivity index (χ2n) is 6.89. The molecule has 0 aromatic carbocycles. The summed E-state index contributed by atoms with van der Waals surface area (Å²) in [6.07, 6.45) is 2.73. The number of aliphatic hydroxyl groups excluding tert-OH is 1. The topological polar surface area (TPSA) is 60.9 Å². The van der Waals surface area contributed by atoms with Crippen LogP contribution >= 0.6 is 0 Å². The van der Waals surface area contributed by atoms with Crippen molar-refractivity contribution < 1.29 is 14.7 Å². The highest BCUT2D eigenvalue weighted by atomic mass is 16.3. The molecular weight excluding hydrogens is 256 g/mol. The van der Waals surface area contributed by atoms with E-state index in [2.05, 4.69) is 20.8 Å². The average molecular weight is 282 g/mol. The maximum atomic E-state index is 12.2. The number of carbonyl (C=O) groups excluding carboxylic acids is 2. The Morgan fingerprint density at radius 1 is 1.30 bits per heavy atom. The van der Waals surface area contributed by atoms with E-state index >= 15 is 0 Å². The van der Waals surface area contributed by atoms with Gasteiger partial charge < -0.3 is 10.0 Å². The number of urea groups is 1. The molecule has 2 rings (SSSR count). The summed E-state index contributed by atoms with van der Waals surface area (Å²) in [7, 11) is 1.65. The van der Waals surface area contributed by atoms with Gasteiger partial charge in [0.1, 0.15) is 6.54 Å². The van der Waals surface area contributed by atoms with Crippen molar-refractivity contribution in [3.05, 3.63) is 0 Å². The Kier molecular flexibility index (Phi) is 4.09. The van der Waals surface area contributed by atoms with Crippen molar-refractivity contribution in [3.8, 4) is 0 Å². The molecule has 0 aromatic rings. The van der Waals surface area contributed by atoms with E-state index in [1.54, 1.807) is 7.05 Å². The van der Waals surface area contributed by atoms with Crippen LogP contribution in [0.4, 0.5) is 4.79 Å². The number of imide groups is 1. The molecule has 1 saturated heterocycles. The molecule has 0 spiro atoms. The predicted molar refractivity (Wildman–Crippen MR) is 76.1 cm³/mol. The molecule has 1 saturated carbocycles. The first-order valence-corrected chi connectivity index (χ1v) is 7.53. The van der Waals surface area contributed by atoms with E-state index in [1.165, 1.54) is 9.80 Å². The van der Waals surface area contributed by atoms with Crippen LogP contribution in [0.1, 0.15) is 46.5 Å². The zero-order chi connectivity index (χ0) is 15.1. The van der Waals surface area contributed by atoms with Gasteiger partial charge in [0, 0.05) is 13.1 Å². The third-order valence-electron chi connectivity index (χ3n) is 5.21. The first kappa shape index (κ1) is 15.3. The highest BCUT2D eigenvalue weighted by molar-refractivity contribution is 6.02. The van der Waals surface area contributed by atoms with Gasteiger partial charge in [-0.3, -0.25) is 9.69 Å². The zero-order valence-electron chi connectivity index (χ0n) is 12.9. The van der Waals surface area contributed by atoms with Gasteiger partial charge in [0.15, 0.2) is 0 Å². The van der Waals surface area contributed by atoms with E-state index in [0.717, 1.165) is 19.3 Å². The summed E-state index contributed by atoms with van der Waals surface area (Å²) in [5.41, 5.74) is 0.0620. The summed E-state index contributed by atoms with van der Waals surface area (Å²) in [6.45, 7) is 6.68. The van der Waals surface area contributed by atoms with Crippen LogP contribution < -0.4 is 0 Å². The van der Waals surface area contributed by atoms with Gasteiger partial charge in [-0.25, -0.2) is 4.79 Å². The minimum atomic E-state index is -0.407. The van der Waals surface area contributed by atoms with Gasteiger partial charge in [-0.2, -0.15) is 0 Å². The highest BCUT2D eigenvalue weighted by Crippen LogP contribution is 2.43. The number of likely N-dealkylation sites (N-methyl/N-ethyl adjacent to an activating group) is 1. The first-order valence-electron chi connectivity index (χ1n) is 7.53. The Morgan fingerprint density at radius 3 is 2.45 bits per heavy atom. The fourth-order valence-electron chi connectivity index (χ4n) is 3.55. The van der Waals surface area contributed by atoms with Gasteiger partial charge in [0.2, 0.25) is 0 Å². The van der Waals surface area contributed by atoms with Gasteiger partial charge in [0.25, 0.3) is 5.91 Å². The third kappa shape index (κ3) is 2.55. The van der Waals surface area contributed by atoms with Crippen LogP contribution in [-0.4, -0.2) is 52.6 Å². The average Bonchev–Trinajstić information content (AvgIpc) is 2.63. The molecule has 0 bridgehead atoms. The molecule has 114 valence electrons. The molecule has 5 nitrogen and oxygen atoms in total. The normalized spacial score (nSPS) is 32.1. The number of amides is 3. The van der Waals surface area contributed by atoms with Crippen LogP contribution in [0.3, 0.4) is 0 Å². The molecule has 5 heteroatoms. The molecular formula is C15H26N2O3. The van der Waals surface area contributed by atoms with Gasteiger partial charge in [-0.1, -0.05) is 27.2 Å². The van der Waals surface area contributed by atoms with Crippen LogP contribution in [0.25, 0.3) is 0 Å². The molecule has 1 aliphatic carbocycles. The fourth-order valence-corrected chi connectivity index (χ4v) is 3.55. The fraction of sp³-hybridized carbons (Fsp3) is 0.867. The van der Waals surface area contributed by atoms with Crippen LogP contribution in [-0.2, 0) is 4.79 Å². The van der Waals surface area contributed by atoms with E-state index in [-0.39, 0.29) is 35.9 Å². The summed E-state index contributed by atoms with van der Waals surface area (Å²) < 4.78 is 0. The Balaban J connectivity index is 2.29. The first-order chi connectivity index (χ1) is 9.27. The number of aliphatic hydroxyl groups is 1. The Morgan fingerprint density at radius 2 is 1.95 bits per heavy atom. The maximum absolute atomic E-state index is 12.2. The highest BCUT2D eigenvalue weighted by Gasteiger charge is 2.47. The molecule has 3 unspecified atom stereocenters. The monoisotopic (exact) mass is 282 g/mol. The van der Waals surface area contributed by atoms with Crippen molar-refractivity contribution in [2.75, 3.05) is 13.6 Å². The van der Waals surface area contributed by atoms with E-state index in [9.17, 15) is 14.7 Å². The van der Waals surface area contributed by atoms with E-state index in [0.29, 0.717) is 6.42 Å². The molecule has 1 heterocycles. The summed E-state index contributed by atoms with van der Waals surface area (Å²) in [6, 6.07) is -0.385. The SMILES string of the molecule is CCC(C)(C)C1CCC(O)CC1N1C(=O)CN(C)C1=O. The Labute approximate surface area is 120 Å². The largest absolute Gasteiger partial charge is 0.393 e. The van der Waals surface area contributed by atoms with Gasteiger partial charge in [-0.15, -0.1) is 0 Å². The van der Waals surface area contributed by atoms with Crippen LogP contribution in [0.15, 0.2) is 0 Å². The summed E-state index contributed by atoms with van der Waals surface area (Å²) in [5.74, 6) is 0.129. The second-order valence-corrected chi connectivity index (χ2v) is 6.89. The predicted octanol–water partition coefficient (Wildman–Crippen LogP) is 1.85. The lowest BCUT2D eigenvalue weighted by molar-refractivity contribution is -0.130. The number of carbonyl (C=O) groups is 2. The number of nitrogens with zero attached hydrogens (tertiary/aromatic N) is 2. The molecule has 2 fully saturated rings. The molecule has 3 atom stereocenters. The lowest BCUT2D eigenvalue weighted by Crippen LogP contribution is -2.52. The van der Waals surface area contributed by atoms with Gasteiger partial charge in [-0.05, 0) is 30.6 Å². The third-order valence-corrected chi connectivity index (χ3v) is 5.21. The van der Waals surface area contributed by atoms with Crippen molar-refractivity contribution in [2.24, 2.45) is 11.3 Å². The van der Waals surface area contributed by atoms with Crippen LogP contribution in [0.2, 0.25) is 0 Å².